The van der Waals surface area contributed by atoms with Gasteiger partial charge in [0.05, 0.1) is 6.42 Å². The van der Waals surface area contributed by atoms with Gasteiger partial charge in [0.1, 0.15) is 5.69 Å². The Morgan fingerprint density at radius 2 is 1.59 bits per heavy atom. The van der Waals surface area contributed by atoms with Crippen molar-refractivity contribution in [2.75, 3.05) is 24.5 Å². The fourth-order valence-electron chi connectivity index (χ4n) is 4.50. The number of hydrogen-bond donors (Lipinski definition) is 0. The van der Waals surface area contributed by atoms with Crippen molar-refractivity contribution in [3.63, 3.8) is 0 Å². The van der Waals surface area contributed by atoms with Crippen molar-refractivity contribution in [1.29, 1.82) is 0 Å². The Labute approximate surface area is 210 Å². The van der Waals surface area contributed by atoms with Crippen LogP contribution in [0.25, 0.3) is 22.0 Å². The quantitative estimate of drug-likeness (QED) is 0.369. The number of amides is 1. The zero-order valence-electron chi connectivity index (χ0n) is 18.9. The Hall–Kier alpha value is -3.15. The predicted octanol–water partition coefficient (Wildman–Crippen LogP) is 5.65. The minimum absolute atomic E-state index is 0. The van der Waals surface area contributed by atoms with E-state index in [1.54, 1.807) is 0 Å². The van der Waals surface area contributed by atoms with E-state index < -0.39 is 0 Å². The van der Waals surface area contributed by atoms with Crippen LogP contribution >= 0.6 is 24.0 Å². The molecule has 0 N–H and O–H groups in total. The Bertz CT molecular complexity index is 1280. The van der Waals surface area contributed by atoms with Gasteiger partial charge in [-0.05, 0) is 24.6 Å². The van der Waals surface area contributed by atoms with Gasteiger partial charge in [0.25, 0.3) is 0 Å². The first-order valence-corrected chi connectivity index (χ1v) is 11.6. The van der Waals surface area contributed by atoms with Crippen LogP contribution in [0.4, 0.5) is 5.82 Å². The van der Waals surface area contributed by atoms with Crippen LogP contribution in [0.15, 0.2) is 78.9 Å². The van der Waals surface area contributed by atoms with E-state index in [0.717, 1.165) is 40.0 Å². The van der Waals surface area contributed by atoms with Crippen molar-refractivity contribution in [3.05, 3.63) is 89.4 Å². The highest BCUT2D eigenvalue weighted by Crippen LogP contribution is 2.32. The largest absolute Gasteiger partial charge is 0.348 e. The van der Waals surface area contributed by atoms with E-state index in [2.05, 4.69) is 46.3 Å². The van der Waals surface area contributed by atoms with Crippen LogP contribution in [-0.2, 0) is 11.2 Å². The van der Waals surface area contributed by atoms with Crippen molar-refractivity contribution >= 4 is 46.5 Å². The van der Waals surface area contributed by atoms with Gasteiger partial charge in [-0.2, -0.15) is 0 Å². The van der Waals surface area contributed by atoms with Gasteiger partial charge >= 0.3 is 0 Å². The van der Waals surface area contributed by atoms with Crippen LogP contribution in [0, 0.1) is 0 Å². The molecule has 1 aliphatic rings. The molecule has 0 radical (unpaired) electrons. The molecule has 1 saturated heterocycles. The van der Waals surface area contributed by atoms with E-state index in [-0.39, 0.29) is 24.4 Å². The highest BCUT2D eigenvalue weighted by Gasteiger charge is 2.29. The molecule has 0 aliphatic carbocycles. The average molecular weight is 493 g/mol. The van der Waals surface area contributed by atoms with Gasteiger partial charge in [-0.3, -0.25) is 4.79 Å². The number of carbonyl (C=O) groups excluding carboxylic acids is 1. The summed E-state index contributed by atoms with van der Waals surface area (Å²) in [4.78, 5) is 17.1. The number of hydrogen-bond acceptors (Lipinski definition) is 4. The molecule has 1 aromatic heterocycles. The fourth-order valence-corrected chi connectivity index (χ4v) is 4.62. The summed E-state index contributed by atoms with van der Waals surface area (Å²) in [5, 5.41) is 12.1. The summed E-state index contributed by atoms with van der Waals surface area (Å²) in [5.74, 6) is 1.02. The maximum absolute atomic E-state index is 12.9. The van der Waals surface area contributed by atoms with Gasteiger partial charge in [0.2, 0.25) is 5.91 Å². The fraction of sp³-hybridized carbons (Fsp3) is 0.222. The zero-order valence-corrected chi connectivity index (χ0v) is 20.5. The smallest absolute Gasteiger partial charge is 0.227 e. The van der Waals surface area contributed by atoms with Gasteiger partial charge in [0.15, 0.2) is 5.82 Å². The van der Waals surface area contributed by atoms with Gasteiger partial charge in [0, 0.05) is 47.0 Å². The molecule has 1 amide bonds. The number of carbonyl (C=O) groups is 1. The van der Waals surface area contributed by atoms with Crippen LogP contribution < -0.4 is 4.90 Å². The molecular weight excluding hydrogens is 467 g/mol. The second kappa shape index (κ2) is 10.4. The van der Waals surface area contributed by atoms with Crippen LogP contribution in [0.1, 0.15) is 12.5 Å². The molecule has 1 aliphatic heterocycles. The minimum atomic E-state index is 0. The van der Waals surface area contributed by atoms with E-state index >= 15 is 0 Å². The molecule has 5 nitrogen and oxygen atoms in total. The maximum Gasteiger partial charge on any atom is 0.227 e. The second-order valence-corrected chi connectivity index (χ2v) is 8.91. The Balaban J connectivity index is 0.00000274. The Morgan fingerprint density at radius 3 is 2.29 bits per heavy atom. The Morgan fingerprint density at radius 1 is 0.912 bits per heavy atom. The van der Waals surface area contributed by atoms with Gasteiger partial charge < -0.3 is 9.80 Å². The molecule has 174 valence electrons. The third-order valence-electron chi connectivity index (χ3n) is 6.24. The number of fused-ring (bicyclic) bond motifs is 1. The molecule has 2 heterocycles. The molecule has 0 bridgehead atoms. The van der Waals surface area contributed by atoms with E-state index in [4.69, 9.17) is 11.6 Å². The van der Waals surface area contributed by atoms with E-state index in [9.17, 15) is 4.79 Å². The maximum atomic E-state index is 12.9. The highest BCUT2D eigenvalue weighted by atomic mass is 35.5. The standard InChI is InChI=1S/C27H25ClN4O.ClH/c1-19-18-31(25(33)17-20-11-13-22(28)14-12-20)15-16-32(19)27-24-10-6-5-9-23(24)26(29-30-27)21-7-3-2-4-8-21;/h2-14,19H,15-18H2,1H3;1H/t19-;/m0./s1. The van der Waals surface area contributed by atoms with E-state index in [0.29, 0.717) is 24.5 Å². The van der Waals surface area contributed by atoms with Crippen LogP contribution in [0.2, 0.25) is 5.02 Å². The summed E-state index contributed by atoms with van der Waals surface area (Å²) in [5.41, 5.74) is 2.92. The van der Waals surface area contributed by atoms with Crippen molar-refractivity contribution in [1.82, 2.24) is 15.1 Å². The van der Waals surface area contributed by atoms with Crippen molar-refractivity contribution in [2.24, 2.45) is 0 Å². The third kappa shape index (κ3) is 4.86. The van der Waals surface area contributed by atoms with Crippen molar-refractivity contribution in [2.45, 2.75) is 19.4 Å². The summed E-state index contributed by atoms with van der Waals surface area (Å²) in [6, 6.07) is 26.1. The summed E-state index contributed by atoms with van der Waals surface area (Å²) in [6.07, 6.45) is 0.387. The number of anilines is 1. The molecule has 7 heteroatoms. The minimum Gasteiger partial charge on any atom is -0.348 e. The van der Waals surface area contributed by atoms with Crippen LogP contribution in [-0.4, -0.2) is 46.7 Å². The van der Waals surface area contributed by atoms with Crippen LogP contribution in [0.3, 0.4) is 0 Å². The lowest BCUT2D eigenvalue weighted by molar-refractivity contribution is -0.131. The molecule has 3 aromatic carbocycles. The first-order valence-electron chi connectivity index (χ1n) is 11.2. The van der Waals surface area contributed by atoms with E-state index in [1.807, 2.05) is 59.5 Å². The summed E-state index contributed by atoms with van der Waals surface area (Å²) in [6.45, 7) is 4.18. The first kappa shape index (κ1) is 24.0. The lowest BCUT2D eigenvalue weighted by Gasteiger charge is -2.40. The molecule has 1 atom stereocenters. The molecule has 5 rings (SSSR count). The average Bonchev–Trinajstić information content (AvgIpc) is 2.85. The van der Waals surface area contributed by atoms with Gasteiger partial charge in [-0.1, -0.05) is 78.3 Å². The molecule has 1 fully saturated rings. The van der Waals surface area contributed by atoms with Gasteiger partial charge in [-0.25, -0.2) is 0 Å². The first-order chi connectivity index (χ1) is 16.1. The second-order valence-electron chi connectivity index (χ2n) is 8.47. The zero-order chi connectivity index (χ0) is 22.8. The lowest BCUT2D eigenvalue weighted by atomic mass is 10.0. The highest BCUT2D eigenvalue weighted by molar-refractivity contribution is 6.30. The number of piperazine rings is 1. The number of halogens is 2. The third-order valence-corrected chi connectivity index (χ3v) is 6.49. The summed E-state index contributed by atoms with van der Waals surface area (Å²) in [7, 11) is 0. The normalized spacial score (nSPS) is 15.8. The number of aromatic nitrogens is 2. The van der Waals surface area contributed by atoms with Crippen LogP contribution in [0.5, 0.6) is 0 Å². The SMILES string of the molecule is C[C@H]1CN(C(=O)Cc2ccc(Cl)cc2)CCN1c1nnc(-c2ccccc2)c2ccccc12.Cl. The summed E-state index contributed by atoms with van der Waals surface area (Å²) < 4.78 is 0. The topological polar surface area (TPSA) is 49.3 Å². The van der Waals surface area contributed by atoms with Crippen molar-refractivity contribution < 1.29 is 4.79 Å². The van der Waals surface area contributed by atoms with Crippen molar-refractivity contribution in [3.8, 4) is 11.3 Å². The number of nitrogens with zero attached hydrogens (tertiary/aromatic N) is 4. The molecule has 4 aromatic rings. The molecule has 0 spiro atoms. The Kier molecular flexibility index (Phi) is 7.35. The van der Waals surface area contributed by atoms with Gasteiger partial charge in [-0.15, -0.1) is 22.6 Å². The predicted molar refractivity (Wildman–Crippen MR) is 141 cm³/mol. The monoisotopic (exact) mass is 492 g/mol. The summed E-state index contributed by atoms with van der Waals surface area (Å²) >= 11 is 5.96. The number of benzene rings is 3. The molecule has 0 unspecified atom stereocenters. The lowest BCUT2D eigenvalue weighted by Crippen LogP contribution is -2.54. The molecule has 34 heavy (non-hydrogen) atoms. The van der Waals surface area contributed by atoms with E-state index in [1.165, 1.54) is 0 Å². The molecular formula is C27H26Cl2N4O. The molecule has 0 saturated carbocycles. The number of rotatable bonds is 4.